The predicted molar refractivity (Wildman–Crippen MR) is 98.9 cm³/mol. The Bertz CT molecular complexity index is 510. The van der Waals surface area contributed by atoms with Crippen LogP contribution in [0.4, 0.5) is 0 Å². The molecule has 2 fully saturated rings. The van der Waals surface area contributed by atoms with Crippen molar-refractivity contribution in [3.8, 4) is 0 Å². The van der Waals surface area contributed by atoms with E-state index in [1.807, 2.05) is 0 Å². The molecule has 0 spiro atoms. The molecule has 1 aliphatic carbocycles. The summed E-state index contributed by atoms with van der Waals surface area (Å²) in [4.78, 5) is 2.67. The summed E-state index contributed by atoms with van der Waals surface area (Å²) >= 11 is 0. The van der Waals surface area contributed by atoms with Crippen molar-refractivity contribution in [3.05, 3.63) is 35.4 Å². The van der Waals surface area contributed by atoms with Crippen molar-refractivity contribution in [2.24, 2.45) is 11.7 Å². The number of hydrogen-bond acceptors (Lipinski definition) is 2. The van der Waals surface area contributed by atoms with Crippen LogP contribution < -0.4 is 5.73 Å². The number of likely N-dealkylation sites (tertiary alicyclic amines) is 1. The molecular weight excluding hydrogens is 280 g/mol. The van der Waals surface area contributed by atoms with Gasteiger partial charge in [-0.15, -0.1) is 0 Å². The van der Waals surface area contributed by atoms with Gasteiger partial charge in [-0.05, 0) is 54.6 Å². The van der Waals surface area contributed by atoms with E-state index in [1.54, 1.807) is 0 Å². The highest BCUT2D eigenvalue weighted by atomic mass is 15.2. The zero-order valence-electron chi connectivity index (χ0n) is 15.4. The van der Waals surface area contributed by atoms with Gasteiger partial charge in [0.25, 0.3) is 0 Å². The van der Waals surface area contributed by atoms with Crippen LogP contribution in [-0.4, -0.2) is 30.1 Å². The Balaban J connectivity index is 1.71. The van der Waals surface area contributed by atoms with E-state index in [4.69, 9.17) is 5.73 Å². The Hall–Kier alpha value is -0.860. The van der Waals surface area contributed by atoms with Crippen molar-refractivity contribution in [2.45, 2.75) is 76.8 Å². The second-order valence-electron chi connectivity index (χ2n) is 8.95. The van der Waals surface area contributed by atoms with E-state index >= 15 is 0 Å². The van der Waals surface area contributed by atoms with Crippen molar-refractivity contribution in [1.29, 1.82) is 0 Å². The third-order valence-corrected chi connectivity index (χ3v) is 6.17. The van der Waals surface area contributed by atoms with Gasteiger partial charge in [-0.25, -0.2) is 0 Å². The van der Waals surface area contributed by atoms with Crippen LogP contribution >= 0.6 is 0 Å². The van der Waals surface area contributed by atoms with Crippen LogP contribution in [0, 0.1) is 5.92 Å². The molecule has 0 radical (unpaired) electrons. The molecule has 2 heteroatoms. The fourth-order valence-electron chi connectivity index (χ4n) is 4.22. The number of piperidine rings is 1. The van der Waals surface area contributed by atoms with E-state index < -0.39 is 0 Å². The first kappa shape index (κ1) is 17.0. The lowest BCUT2D eigenvalue weighted by atomic mass is 9.78. The molecule has 1 saturated heterocycles. The molecule has 0 aromatic heterocycles. The molecule has 128 valence electrons. The summed E-state index contributed by atoms with van der Waals surface area (Å²) in [6, 6.07) is 10.3. The Morgan fingerprint density at radius 3 is 2.26 bits per heavy atom. The molecule has 1 aromatic carbocycles. The van der Waals surface area contributed by atoms with Gasteiger partial charge >= 0.3 is 0 Å². The third kappa shape index (κ3) is 3.80. The average Bonchev–Trinajstić information content (AvgIpc) is 2.44. The van der Waals surface area contributed by atoms with E-state index in [9.17, 15) is 0 Å². The van der Waals surface area contributed by atoms with Crippen molar-refractivity contribution < 1.29 is 0 Å². The molecular formula is C21H34N2. The molecule has 1 saturated carbocycles. The maximum atomic E-state index is 6.41. The largest absolute Gasteiger partial charge is 0.327 e. The summed E-state index contributed by atoms with van der Waals surface area (Å²) in [5.41, 5.74) is 9.53. The van der Waals surface area contributed by atoms with Gasteiger partial charge in [0.05, 0.1) is 0 Å². The number of nitrogens with two attached hydrogens (primary N) is 1. The van der Waals surface area contributed by atoms with Gasteiger partial charge in [-0.1, -0.05) is 51.5 Å². The van der Waals surface area contributed by atoms with E-state index in [-0.39, 0.29) is 5.41 Å². The molecule has 1 heterocycles. The maximum absolute atomic E-state index is 6.41. The zero-order valence-corrected chi connectivity index (χ0v) is 15.4. The van der Waals surface area contributed by atoms with Crippen molar-refractivity contribution in [2.75, 3.05) is 13.1 Å². The second-order valence-corrected chi connectivity index (χ2v) is 8.95. The highest BCUT2D eigenvalue weighted by molar-refractivity contribution is 5.30. The van der Waals surface area contributed by atoms with E-state index in [1.165, 1.54) is 36.9 Å². The average molecular weight is 315 g/mol. The van der Waals surface area contributed by atoms with Crippen molar-refractivity contribution >= 4 is 0 Å². The van der Waals surface area contributed by atoms with Crippen LogP contribution in [0.3, 0.4) is 0 Å². The Kier molecular flexibility index (Phi) is 4.85. The van der Waals surface area contributed by atoms with Gasteiger partial charge in [0, 0.05) is 25.2 Å². The van der Waals surface area contributed by atoms with Gasteiger partial charge in [-0.2, -0.15) is 0 Å². The lowest BCUT2D eigenvalue weighted by Crippen LogP contribution is -2.52. The highest BCUT2D eigenvalue weighted by Crippen LogP contribution is 2.36. The molecule has 3 unspecified atom stereocenters. The summed E-state index contributed by atoms with van der Waals surface area (Å²) in [7, 11) is 0. The Morgan fingerprint density at radius 1 is 1.09 bits per heavy atom. The fourth-order valence-corrected chi connectivity index (χ4v) is 4.22. The molecule has 1 aliphatic heterocycles. The topological polar surface area (TPSA) is 29.3 Å². The van der Waals surface area contributed by atoms with Gasteiger partial charge in [-0.3, -0.25) is 4.90 Å². The van der Waals surface area contributed by atoms with Crippen molar-refractivity contribution in [3.63, 3.8) is 0 Å². The SMILES string of the molecule is CC(C1CCC1)N1CC(N)CC(c2ccc(C(C)(C)C)cc2)C1. The number of benzene rings is 1. The summed E-state index contributed by atoms with van der Waals surface area (Å²) in [5.74, 6) is 1.50. The third-order valence-electron chi connectivity index (χ3n) is 6.17. The maximum Gasteiger partial charge on any atom is 0.0174 e. The predicted octanol–water partition coefficient (Wildman–Crippen LogP) is 4.29. The molecule has 1 aromatic rings. The first-order valence-corrected chi connectivity index (χ1v) is 9.44. The summed E-state index contributed by atoms with van der Waals surface area (Å²) in [6.07, 6.45) is 5.38. The molecule has 2 aliphatic rings. The lowest BCUT2D eigenvalue weighted by molar-refractivity contribution is 0.0738. The van der Waals surface area contributed by atoms with E-state index in [2.05, 4.69) is 56.9 Å². The fraction of sp³-hybridized carbons (Fsp3) is 0.714. The monoisotopic (exact) mass is 314 g/mol. The number of nitrogens with zero attached hydrogens (tertiary/aromatic N) is 1. The summed E-state index contributed by atoms with van der Waals surface area (Å²) < 4.78 is 0. The van der Waals surface area contributed by atoms with E-state index in [0.29, 0.717) is 18.0 Å². The van der Waals surface area contributed by atoms with Crippen LogP contribution in [0.15, 0.2) is 24.3 Å². The molecule has 23 heavy (non-hydrogen) atoms. The molecule has 2 nitrogen and oxygen atoms in total. The quantitative estimate of drug-likeness (QED) is 0.902. The zero-order chi connectivity index (χ0) is 16.6. The molecule has 0 bridgehead atoms. The molecule has 0 amide bonds. The summed E-state index contributed by atoms with van der Waals surface area (Å²) in [5, 5.41) is 0. The van der Waals surface area contributed by atoms with Gasteiger partial charge in [0.2, 0.25) is 0 Å². The Labute approximate surface area is 142 Å². The number of hydrogen-bond donors (Lipinski definition) is 1. The molecule has 2 N–H and O–H groups in total. The van der Waals surface area contributed by atoms with Crippen LogP contribution in [0.25, 0.3) is 0 Å². The standard InChI is InChI=1S/C21H34N2/c1-15(16-6-5-7-16)23-13-18(12-20(22)14-23)17-8-10-19(11-9-17)21(2,3)4/h8-11,15-16,18,20H,5-7,12-14,22H2,1-4H3. The van der Waals surface area contributed by atoms with Crippen LogP contribution in [-0.2, 0) is 5.41 Å². The minimum Gasteiger partial charge on any atom is -0.327 e. The van der Waals surface area contributed by atoms with Crippen LogP contribution in [0.1, 0.15) is 70.4 Å². The lowest BCUT2D eigenvalue weighted by Gasteiger charge is -2.45. The smallest absolute Gasteiger partial charge is 0.0174 e. The highest BCUT2D eigenvalue weighted by Gasteiger charge is 2.34. The minimum atomic E-state index is 0.228. The van der Waals surface area contributed by atoms with Gasteiger partial charge in [0.15, 0.2) is 0 Å². The molecule has 3 atom stereocenters. The minimum absolute atomic E-state index is 0.228. The van der Waals surface area contributed by atoms with Crippen molar-refractivity contribution in [1.82, 2.24) is 4.90 Å². The second kappa shape index (κ2) is 6.57. The summed E-state index contributed by atoms with van der Waals surface area (Å²) in [6.45, 7) is 11.5. The first-order chi connectivity index (χ1) is 10.8. The Morgan fingerprint density at radius 2 is 1.74 bits per heavy atom. The normalized spacial score (nSPS) is 28.4. The molecule has 3 rings (SSSR count). The van der Waals surface area contributed by atoms with Crippen LogP contribution in [0.2, 0.25) is 0 Å². The van der Waals surface area contributed by atoms with Gasteiger partial charge < -0.3 is 5.73 Å². The van der Waals surface area contributed by atoms with Gasteiger partial charge in [0.1, 0.15) is 0 Å². The van der Waals surface area contributed by atoms with Crippen LogP contribution in [0.5, 0.6) is 0 Å². The number of rotatable bonds is 3. The van der Waals surface area contributed by atoms with E-state index in [0.717, 1.165) is 18.9 Å². The first-order valence-electron chi connectivity index (χ1n) is 9.44.